The van der Waals surface area contributed by atoms with E-state index < -0.39 is 28.7 Å². The van der Waals surface area contributed by atoms with Gasteiger partial charge in [-0.2, -0.15) is 12.7 Å². The molecule has 8 nitrogen and oxygen atoms in total. The molecule has 0 unspecified atom stereocenters. The Morgan fingerprint density at radius 3 is 2.07 bits per heavy atom. The number of nitrogens with zero attached hydrogens (tertiary/aromatic N) is 3. The lowest BCUT2D eigenvalue weighted by atomic mass is 10.0. The topological polar surface area (TPSA) is 90.0 Å². The maximum absolute atomic E-state index is 14.3. The molecule has 0 heterocycles. The molecule has 3 aromatic rings. The summed E-state index contributed by atoms with van der Waals surface area (Å²) in [5.74, 6) is -0.767. The van der Waals surface area contributed by atoms with Gasteiger partial charge in [0.05, 0.1) is 5.69 Å². The second-order valence-electron chi connectivity index (χ2n) is 11.0. The van der Waals surface area contributed by atoms with Gasteiger partial charge in [-0.05, 0) is 62.9 Å². The number of rotatable bonds is 12. The van der Waals surface area contributed by atoms with E-state index in [-0.39, 0.29) is 24.9 Å². The lowest BCUT2D eigenvalue weighted by molar-refractivity contribution is -0.140. The van der Waals surface area contributed by atoms with Crippen molar-refractivity contribution in [2.24, 2.45) is 0 Å². The number of hydrogen-bond donors (Lipinski definition) is 1. The van der Waals surface area contributed by atoms with Crippen LogP contribution in [-0.2, 0) is 32.8 Å². The van der Waals surface area contributed by atoms with Crippen LogP contribution in [0.1, 0.15) is 41.7 Å². The molecule has 0 aliphatic carbocycles. The second-order valence-corrected chi connectivity index (χ2v) is 13.0. The minimum atomic E-state index is -4.04. The highest BCUT2D eigenvalue weighted by atomic mass is 32.2. The smallest absolute Gasteiger partial charge is 0.304 e. The predicted octanol–water partition coefficient (Wildman–Crippen LogP) is 4.39. The van der Waals surface area contributed by atoms with Crippen molar-refractivity contribution in [2.75, 3.05) is 24.9 Å². The summed E-state index contributed by atoms with van der Waals surface area (Å²) in [5.41, 5.74) is 4.78. The van der Waals surface area contributed by atoms with E-state index in [0.29, 0.717) is 5.69 Å². The third kappa shape index (κ3) is 8.41. The average molecular weight is 579 g/mol. The van der Waals surface area contributed by atoms with E-state index in [9.17, 15) is 18.0 Å². The zero-order valence-corrected chi connectivity index (χ0v) is 25.9. The normalized spacial score (nSPS) is 12.3. The molecule has 2 amide bonds. The van der Waals surface area contributed by atoms with Crippen LogP contribution in [-0.4, -0.2) is 62.2 Å². The third-order valence-corrected chi connectivity index (χ3v) is 8.60. The van der Waals surface area contributed by atoms with Crippen LogP contribution in [0.15, 0.2) is 72.8 Å². The number of amides is 2. The molecule has 0 aromatic heterocycles. The summed E-state index contributed by atoms with van der Waals surface area (Å²) in [6, 6.07) is 21.8. The average Bonchev–Trinajstić information content (AvgIpc) is 2.90. The standard InChI is InChI=1S/C32H42N4O4S/c1-23(2)33-32(38)30(20-27-13-9-8-10-14-27)35(21-28-15-11-12-24(3)18-28)31(37)22-36(41(39,40)34(6)7)29-19-25(4)16-17-26(29)5/h8-19,23,30H,20-22H2,1-7H3,(H,33,38)/t30-/m1/s1. The molecular weight excluding hydrogens is 536 g/mol. The van der Waals surface area contributed by atoms with E-state index in [1.807, 2.05) is 101 Å². The Bertz CT molecular complexity index is 1460. The van der Waals surface area contributed by atoms with Crippen molar-refractivity contribution in [1.82, 2.24) is 14.5 Å². The van der Waals surface area contributed by atoms with Crippen LogP contribution >= 0.6 is 0 Å². The van der Waals surface area contributed by atoms with Crippen molar-refractivity contribution in [3.8, 4) is 0 Å². The van der Waals surface area contributed by atoms with E-state index in [0.717, 1.165) is 36.4 Å². The molecule has 9 heteroatoms. The first-order valence-electron chi connectivity index (χ1n) is 13.8. The van der Waals surface area contributed by atoms with E-state index >= 15 is 0 Å². The van der Waals surface area contributed by atoms with Crippen molar-refractivity contribution in [1.29, 1.82) is 0 Å². The van der Waals surface area contributed by atoms with E-state index in [2.05, 4.69) is 5.32 Å². The molecule has 0 spiro atoms. The predicted molar refractivity (Wildman–Crippen MR) is 165 cm³/mol. The highest BCUT2D eigenvalue weighted by Crippen LogP contribution is 2.26. The first-order chi connectivity index (χ1) is 19.3. The fourth-order valence-electron chi connectivity index (χ4n) is 4.63. The van der Waals surface area contributed by atoms with Gasteiger partial charge in [-0.1, -0.05) is 72.3 Å². The van der Waals surface area contributed by atoms with Gasteiger partial charge in [0, 0.05) is 33.1 Å². The first kappa shape index (κ1) is 31.8. The summed E-state index contributed by atoms with van der Waals surface area (Å²) in [4.78, 5) is 29.5. The van der Waals surface area contributed by atoms with Crippen LogP contribution in [0.4, 0.5) is 5.69 Å². The molecule has 220 valence electrons. The van der Waals surface area contributed by atoms with Gasteiger partial charge in [-0.15, -0.1) is 0 Å². The minimum Gasteiger partial charge on any atom is -0.352 e. The van der Waals surface area contributed by atoms with Crippen molar-refractivity contribution >= 4 is 27.7 Å². The summed E-state index contributed by atoms with van der Waals surface area (Å²) < 4.78 is 29.4. The first-order valence-corrected chi connectivity index (χ1v) is 15.2. The number of hydrogen-bond acceptors (Lipinski definition) is 4. The fraction of sp³-hybridized carbons (Fsp3) is 0.375. The highest BCUT2D eigenvalue weighted by Gasteiger charge is 2.35. The summed E-state index contributed by atoms with van der Waals surface area (Å²) in [6.45, 7) is 9.08. The van der Waals surface area contributed by atoms with Crippen LogP contribution in [0.5, 0.6) is 0 Å². The molecule has 1 atom stereocenters. The van der Waals surface area contributed by atoms with Crippen LogP contribution in [0.2, 0.25) is 0 Å². The Hall–Kier alpha value is -3.69. The molecule has 3 aromatic carbocycles. The van der Waals surface area contributed by atoms with Gasteiger partial charge in [-0.25, -0.2) is 4.31 Å². The van der Waals surface area contributed by atoms with Crippen LogP contribution in [0.3, 0.4) is 0 Å². The Morgan fingerprint density at radius 2 is 1.46 bits per heavy atom. The van der Waals surface area contributed by atoms with Gasteiger partial charge in [0.15, 0.2) is 0 Å². The van der Waals surface area contributed by atoms with Crippen molar-refractivity contribution in [3.63, 3.8) is 0 Å². The minimum absolute atomic E-state index is 0.141. The number of benzene rings is 3. The molecule has 41 heavy (non-hydrogen) atoms. The van der Waals surface area contributed by atoms with E-state index in [4.69, 9.17) is 0 Å². The second kappa shape index (κ2) is 13.8. The maximum Gasteiger partial charge on any atom is 0.304 e. The van der Waals surface area contributed by atoms with E-state index in [1.54, 1.807) is 6.07 Å². The number of carbonyl (C=O) groups excluding carboxylic acids is 2. The zero-order valence-electron chi connectivity index (χ0n) is 25.1. The van der Waals surface area contributed by atoms with E-state index in [1.165, 1.54) is 19.0 Å². The Kier molecular flexibility index (Phi) is 10.7. The highest BCUT2D eigenvalue weighted by molar-refractivity contribution is 7.90. The Morgan fingerprint density at radius 1 is 0.829 bits per heavy atom. The van der Waals surface area contributed by atoms with Gasteiger partial charge >= 0.3 is 10.2 Å². The molecule has 0 aliphatic rings. The van der Waals surface area contributed by atoms with Crippen molar-refractivity contribution < 1.29 is 18.0 Å². The van der Waals surface area contributed by atoms with Crippen molar-refractivity contribution in [3.05, 3.63) is 101 Å². The number of nitrogens with one attached hydrogen (secondary N) is 1. The molecule has 0 saturated carbocycles. The molecule has 3 rings (SSSR count). The maximum atomic E-state index is 14.3. The zero-order chi connectivity index (χ0) is 30.3. The molecule has 0 saturated heterocycles. The molecule has 1 N–H and O–H groups in total. The van der Waals surface area contributed by atoms with Gasteiger partial charge < -0.3 is 10.2 Å². The number of carbonyl (C=O) groups is 2. The van der Waals surface area contributed by atoms with Crippen LogP contribution in [0, 0.1) is 20.8 Å². The van der Waals surface area contributed by atoms with Crippen LogP contribution in [0.25, 0.3) is 0 Å². The van der Waals surface area contributed by atoms with Crippen LogP contribution < -0.4 is 9.62 Å². The third-order valence-electron chi connectivity index (χ3n) is 6.79. The quantitative estimate of drug-likeness (QED) is 0.345. The SMILES string of the molecule is Cc1cccc(CN(C(=O)CN(c2cc(C)ccc2C)S(=O)(=O)N(C)C)[C@H](Cc2ccccc2)C(=O)NC(C)C)c1. The monoisotopic (exact) mass is 578 g/mol. The van der Waals surface area contributed by atoms with Crippen molar-refractivity contribution in [2.45, 2.75) is 59.7 Å². The molecular formula is C32H42N4O4S. The van der Waals surface area contributed by atoms with Gasteiger partial charge in [0.2, 0.25) is 11.8 Å². The summed E-state index contributed by atoms with van der Waals surface area (Å²) in [5, 5.41) is 2.97. The Balaban J connectivity index is 2.13. The van der Waals surface area contributed by atoms with Gasteiger partial charge in [0.1, 0.15) is 12.6 Å². The molecule has 0 radical (unpaired) electrons. The molecule has 0 fully saturated rings. The fourth-order valence-corrected chi connectivity index (χ4v) is 5.74. The molecule has 0 aliphatic heterocycles. The summed E-state index contributed by atoms with van der Waals surface area (Å²) in [7, 11) is -1.16. The lowest BCUT2D eigenvalue weighted by Gasteiger charge is -2.35. The summed E-state index contributed by atoms with van der Waals surface area (Å²) in [6.07, 6.45) is 0.279. The lowest BCUT2D eigenvalue weighted by Crippen LogP contribution is -2.55. The van der Waals surface area contributed by atoms with Gasteiger partial charge in [0.25, 0.3) is 0 Å². The summed E-state index contributed by atoms with van der Waals surface area (Å²) >= 11 is 0. The molecule has 0 bridgehead atoms. The largest absolute Gasteiger partial charge is 0.352 e. The van der Waals surface area contributed by atoms with Gasteiger partial charge in [-0.3, -0.25) is 9.59 Å². The number of anilines is 1. The Labute approximate surface area is 245 Å². The number of aryl methyl sites for hydroxylation is 3.